The van der Waals surface area contributed by atoms with Gasteiger partial charge in [0.25, 0.3) is 6.29 Å². The minimum Gasteiger partial charge on any atom is -0.477 e. The number of aromatic nitrogens is 1. The summed E-state index contributed by atoms with van der Waals surface area (Å²) in [4.78, 5) is 15.1. The molecule has 0 fully saturated rings. The van der Waals surface area contributed by atoms with E-state index in [1.54, 1.807) is 31.3 Å². The summed E-state index contributed by atoms with van der Waals surface area (Å²) in [5.41, 5.74) is 0.827. The number of rotatable bonds is 5. The van der Waals surface area contributed by atoms with E-state index in [9.17, 15) is 4.79 Å². The molecular formula is C13H13NO4. The van der Waals surface area contributed by atoms with Gasteiger partial charge >= 0.3 is 5.97 Å². The highest BCUT2D eigenvalue weighted by molar-refractivity contribution is 5.80. The van der Waals surface area contributed by atoms with Crippen LogP contribution in [0.15, 0.2) is 36.5 Å². The zero-order valence-corrected chi connectivity index (χ0v) is 9.87. The number of hydrogen-bond donors (Lipinski definition) is 1. The van der Waals surface area contributed by atoms with Gasteiger partial charge in [0.15, 0.2) is 0 Å². The Morgan fingerprint density at radius 2 is 2.28 bits per heavy atom. The maximum Gasteiger partial charge on any atom is 0.373 e. The summed E-state index contributed by atoms with van der Waals surface area (Å²) < 4.78 is 10.3. The van der Waals surface area contributed by atoms with Crippen molar-refractivity contribution < 1.29 is 19.4 Å². The third kappa shape index (κ3) is 2.75. The Morgan fingerprint density at radius 3 is 3.00 bits per heavy atom. The molecule has 0 bridgehead atoms. The van der Waals surface area contributed by atoms with Crippen molar-refractivity contribution in [3.8, 4) is 5.75 Å². The van der Waals surface area contributed by atoms with Crippen LogP contribution in [-0.2, 0) is 9.53 Å². The first-order valence-electron chi connectivity index (χ1n) is 5.56. The van der Waals surface area contributed by atoms with Crippen molar-refractivity contribution in [3.05, 3.63) is 36.5 Å². The topological polar surface area (TPSA) is 68.7 Å². The Morgan fingerprint density at radius 1 is 1.44 bits per heavy atom. The van der Waals surface area contributed by atoms with E-state index in [1.165, 1.54) is 0 Å². The van der Waals surface area contributed by atoms with Crippen LogP contribution in [0.3, 0.4) is 0 Å². The van der Waals surface area contributed by atoms with Gasteiger partial charge in [0, 0.05) is 18.2 Å². The molecule has 0 saturated heterocycles. The first-order chi connectivity index (χ1) is 8.70. The van der Waals surface area contributed by atoms with Gasteiger partial charge in [0.2, 0.25) is 0 Å². The molecule has 0 aliphatic carbocycles. The summed E-state index contributed by atoms with van der Waals surface area (Å²) >= 11 is 0. The average Bonchev–Trinajstić information content (AvgIpc) is 2.38. The quantitative estimate of drug-likeness (QED) is 0.819. The monoisotopic (exact) mass is 247 g/mol. The summed E-state index contributed by atoms with van der Waals surface area (Å²) in [6.07, 6.45) is 0.410. The van der Waals surface area contributed by atoms with Crippen LogP contribution in [0, 0.1) is 0 Å². The number of carboxylic acids is 1. The summed E-state index contributed by atoms with van der Waals surface area (Å²) in [6.45, 7) is 1.98. The van der Waals surface area contributed by atoms with E-state index in [0.29, 0.717) is 5.75 Å². The Bertz CT molecular complexity index is 555. The van der Waals surface area contributed by atoms with E-state index in [2.05, 4.69) is 4.98 Å². The number of nitrogens with zero attached hydrogens (tertiary/aromatic N) is 1. The fourth-order valence-corrected chi connectivity index (χ4v) is 1.56. The molecule has 5 nitrogen and oxygen atoms in total. The summed E-state index contributed by atoms with van der Waals surface area (Å²) in [7, 11) is 0. The highest BCUT2D eigenvalue weighted by atomic mass is 16.7. The van der Waals surface area contributed by atoms with Gasteiger partial charge in [-0.25, -0.2) is 4.79 Å². The number of aliphatic carboxylic acids is 1. The molecule has 0 amide bonds. The van der Waals surface area contributed by atoms with Gasteiger partial charge in [-0.3, -0.25) is 4.98 Å². The summed E-state index contributed by atoms with van der Waals surface area (Å²) in [5, 5.41) is 9.80. The van der Waals surface area contributed by atoms with Crippen molar-refractivity contribution in [3.63, 3.8) is 0 Å². The van der Waals surface area contributed by atoms with Crippen LogP contribution in [-0.4, -0.2) is 29.0 Å². The number of carbonyl (C=O) groups is 1. The van der Waals surface area contributed by atoms with Crippen molar-refractivity contribution in [2.24, 2.45) is 0 Å². The maximum atomic E-state index is 10.9. The van der Waals surface area contributed by atoms with Crippen molar-refractivity contribution in [2.75, 3.05) is 6.61 Å². The highest BCUT2D eigenvalue weighted by Crippen LogP contribution is 2.20. The molecule has 1 aromatic carbocycles. The molecule has 5 heteroatoms. The van der Waals surface area contributed by atoms with E-state index >= 15 is 0 Å². The Balaban J connectivity index is 2.22. The number of hydrogen-bond acceptors (Lipinski definition) is 4. The fraction of sp³-hybridized carbons (Fsp3) is 0.231. The molecule has 1 unspecified atom stereocenters. The second kappa shape index (κ2) is 5.46. The van der Waals surface area contributed by atoms with Gasteiger partial charge < -0.3 is 14.6 Å². The number of ether oxygens (including phenoxy) is 2. The van der Waals surface area contributed by atoms with Crippen molar-refractivity contribution in [2.45, 2.75) is 13.2 Å². The lowest BCUT2D eigenvalue weighted by Gasteiger charge is -2.14. The zero-order chi connectivity index (χ0) is 13.0. The number of pyridine rings is 1. The van der Waals surface area contributed by atoms with E-state index in [0.717, 1.165) is 10.9 Å². The molecule has 0 aliphatic heterocycles. The predicted molar refractivity (Wildman–Crippen MR) is 65.4 cm³/mol. The normalized spacial score (nSPS) is 12.3. The lowest BCUT2D eigenvalue weighted by molar-refractivity contribution is -0.170. The lowest BCUT2D eigenvalue weighted by Crippen LogP contribution is -2.30. The fourth-order valence-electron chi connectivity index (χ4n) is 1.56. The average molecular weight is 247 g/mol. The van der Waals surface area contributed by atoms with Gasteiger partial charge in [-0.05, 0) is 31.2 Å². The maximum absolute atomic E-state index is 10.9. The molecule has 0 aliphatic rings. The summed E-state index contributed by atoms with van der Waals surface area (Å²) in [6, 6.07) is 8.87. The minimum atomic E-state index is -1.29. The second-order valence-corrected chi connectivity index (χ2v) is 3.60. The Labute approximate surface area is 104 Å². The Kier molecular flexibility index (Phi) is 3.74. The predicted octanol–water partition coefficient (Wildman–Crippen LogP) is 2.06. The van der Waals surface area contributed by atoms with Gasteiger partial charge in [0.1, 0.15) is 5.75 Å². The molecule has 1 aromatic heterocycles. The molecule has 0 saturated carbocycles. The van der Waals surface area contributed by atoms with E-state index < -0.39 is 12.3 Å². The van der Waals surface area contributed by atoms with E-state index in [4.69, 9.17) is 14.6 Å². The molecule has 1 atom stereocenters. The number of benzene rings is 1. The van der Waals surface area contributed by atoms with Crippen molar-refractivity contribution >= 4 is 16.9 Å². The smallest absolute Gasteiger partial charge is 0.373 e. The SMILES string of the molecule is CCOC(Oc1ccc2ncccc2c1)C(=O)O. The second-order valence-electron chi connectivity index (χ2n) is 3.60. The van der Waals surface area contributed by atoms with Crippen LogP contribution < -0.4 is 4.74 Å². The molecule has 0 spiro atoms. The molecule has 1 heterocycles. The molecule has 2 rings (SSSR count). The Hall–Kier alpha value is -2.14. The molecule has 18 heavy (non-hydrogen) atoms. The van der Waals surface area contributed by atoms with Crippen molar-refractivity contribution in [1.29, 1.82) is 0 Å². The van der Waals surface area contributed by atoms with Crippen LogP contribution in [0.5, 0.6) is 5.75 Å². The molecule has 0 radical (unpaired) electrons. The highest BCUT2D eigenvalue weighted by Gasteiger charge is 2.19. The van der Waals surface area contributed by atoms with Crippen LogP contribution >= 0.6 is 0 Å². The first-order valence-corrected chi connectivity index (χ1v) is 5.56. The lowest BCUT2D eigenvalue weighted by atomic mass is 10.2. The summed E-state index contributed by atoms with van der Waals surface area (Å²) in [5.74, 6) is -0.709. The van der Waals surface area contributed by atoms with Gasteiger partial charge in [-0.2, -0.15) is 0 Å². The van der Waals surface area contributed by atoms with E-state index in [1.807, 2.05) is 12.1 Å². The van der Waals surface area contributed by atoms with Crippen LogP contribution in [0.4, 0.5) is 0 Å². The number of fused-ring (bicyclic) bond motifs is 1. The number of carboxylic acid groups (broad SMARTS) is 1. The standard InChI is InChI=1S/C13H13NO4/c1-2-17-13(12(15)16)18-10-5-6-11-9(8-10)4-3-7-14-11/h3-8,13H,2H2,1H3,(H,15,16). The molecule has 94 valence electrons. The van der Waals surface area contributed by atoms with E-state index in [-0.39, 0.29) is 6.61 Å². The molecular weight excluding hydrogens is 234 g/mol. The van der Waals surface area contributed by atoms with Gasteiger partial charge in [-0.1, -0.05) is 6.07 Å². The van der Waals surface area contributed by atoms with Crippen LogP contribution in [0.1, 0.15) is 6.92 Å². The third-order valence-electron chi connectivity index (χ3n) is 2.34. The van der Waals surface area contributed by atoms with Gasteiger partial charge in [-0.15, -0.1) is 0 Å². The van der Waals surface area contributed by atoms with Crippen LogP contribution in [0.25, 0.3) is 10.9 Å². The minimum absolute atomic E-state index is 0.270. The first kappa shape index (κ1) is 12.3. The zero-order valence-electron chi connectivity index (χ0n) is 9.87. The van der Waals surface area contributed by atoms with Crippen molar-refractivity contribution in [1.82, 2.24) is 4.98 Å². The largest absolute Gasteiger partial charge is 0.477 e. The van der Waals surface area contributed by atoms with Gasteiger partial charge in [0.05, 0.1) is 5.52 Å². The third-order valence-corrected chi connectivity index (χ3v) is 2.34. The van der Waals surface area contributed by atoms with Crippen LogP contribution in [0.2, 0.25) is 0 Å². The molecule has 1 N–H and O–H groups in total. The molecule has 2 aromatic rings.